The van der Waals surface area contributed by atoms with Crippen LogP contribution in [0.15, 0.2) is 30.3 Å². The molecule has 0 aliphatic rings. The predicted molar refractivity (Wildman–Crippen MR) is 41.9 cm³/mol. The van der Waals surface area contributed by atoms with Crippen molar-refractivity contribution in [2.75, 3.05) is 0 Å². The molecule has 0 aromatic heterocycles. The van der Waals surface area contributed by atoms with Crippen LogP contribution in [0.2, 0.25) is 0 Å². The van der Waals surface area contributed by atoms with Crippen LogP contribution in [0.3, 0.4) is 0 Å². The molecule has 0 aliphatic carbocycles. The molecule has 0 heterocycles. The summed E-state index contributed by atoms with van der Waals surface area (Å²) in [5.41, 5.74) is 1.32. The van der Waals surface area contributed by atoms with Crippen LogP contribution in [0.4, 0.5) is 0 Å². The minimum atomic E-state index is 0. The van der Waals surface area contributed by atoms with Gasteiger partial charge < -0.3 is 10.3 Å². The fourth-order valence-electron chi connectivity index (χ4n) is 0.534. The van der Waals surface area contributed by atoms with Gasteiger partial charge in [0.25, 0.3) is 0 Å². The van der Waals surface area contributed by atoms with E-state index in [0.29, 0.717) is 0 Å². The topological polar surface area (TPSA) is 48.6 Å². The first-order valence-corrected chi connectivity index (χ1v) is 2.70. The second kappa shape index (κ2) is 7.85. The normalized spacial score (nSPS) is 6.50. The van der Waals surface area contributed by atoms with Crippen LogP contribution in [0.1, 0.15) is 5.56 Å². The van der Waals surface area contributed by atoms with Gasteiger partial charge in [-0.2, -0.15) is 0 Å². The van der Waals surface area contributed by atoms with Crippen molar-refractivity contribution in [3.05, 3.63) is 35.9 Å². The lowest BCUT2D eigenvalue weighted by atomic mass is 10.2. The van der Waals surface area contributed by atoms with Gasteiger partial charge in [0.15, 0.2) is 0 Å². The maximum absolute atomic E-state index is 8.00. The molecule has 0 unspecified atom stereocenters. The van der Waals surface area contributed by atoms with Gasteiger partial charge >= 0.3 is 0 Å². The zero-order valence-corrected chi connectivity index (χ0v) is 6.00. The van der Waals surface area contributed by atoms with Crippen molar-refractivity contribution in [1.82, 2.24) is 0 Å². The second-order valence-electron chi connectivity index (χ2n) is 1.65. The number of carbonyl (C=O) groups excluding carboxylic acids is 1. The quantitative estimate of drug-likeness (QED) is 0.530. The smallest absolute Gasteiger partial charge is 0.106 e. The third-order valence-corrected chi connectivity index (χ3v) is 0.940. The van der Waals surface area contributed by atoms with E-state index in [-0.39, 0.29) is 5.48 Å². The van der Waals surface area contributed by atoms with Gasteiger partial charge in [-0.05, 0) is 6.92 Å². The Labute approximate surface area is 60.8 Å². The van der Waals surface area contributed by atoms with Gasteiger partial charge in [-0.3, -0.25) is 0 Å². The molecule has 0 saturated heterocycles. The summed E-state index contributed by atoms with van der Waals surface area (Å²) in [5, 5.41) is 0. The lowest BCUT2D eigenvalue weighted by Crippen LogP contribution is -1.62. The van der Waals surface area contributed by atoms with Crippen molar-refractivity contribution in [2.24, 2.45) is 0 Å². The Morgan fingerprint density at radius 1 is 1.10 bits per heavy atom. The van der Waals surface area contributed by atoms with E-state index in [2.05, 4.69) is 19.1 Å². The second-order valence-corrected chi connectivity index (χ2v) is 1.65. The number of rotatable bonds is 0. The average Bonchev–Trinajstić information content (AvgIpc) is 1.94. The number of hydrogen-bond donors (Lipinski definition) is 0. The Morgan fingerprint density at radius 2 is 1.50 bits per heavy atom. The fourth-order valence-corrected chi connectivity index (χ4v) is 0.534. The van der Waals surface area contributed by atoms with E-state index < -0.39 is 0 Å². The summed E-state index contributed by atoms with van der Waals surface area (Å²) in [6.45, 7) is 4.08. The van der Waals surface area contributed by atoms with Crippen molar-refractivity contribution in [1.29, 1.82) is 0 Å². The van der Waals surface area contributed by atoms with Gasteiger partial charge in [0.2, 0.25) is 0 Å². The Balaban J connectivity index is 0. The first-order valence-electron chi connectivity index (χ1n) is 2.70. The van der Waals surface area contributed by atoms with Crippen molar-refractivity contribution in [3.8, 4) is 0 Å². The van der Waals surface area contributed by atoms with Crippen LogP contribution in [0, 0.1) is 6.92 Å². The summed E-state index contributed by atoms with van der Waals surface area (Å²) in [7, 11) is 0. The van der Waals surface area contributed by atoms with Crippen LogP contribution in [0.5, 0.6) is 0 Å². The molecule has 0 bridgehead atoms. The molecular weight excluding hydrogens is 128 g/mol. The summed E-state index contributed by atoms with van der Waals surface area (Å²) < 4.78 is 0. The van der Waals surface area contributed by atoms with Crippen LogP contribution < -0.4 is 0 Å². The number of aryl methyl sites for hydroxylation is 1. The summed E-state index contributed by atoms with van der Waals surface area (Å²) >= 11 is 0. The van der Waals surface area contributed by atoms with E-state index in [1.54, 1.807) is 0 Å². The van der Waals surface area contributed by atoms with Crippen molar-refractivity contribution in [2.45, 2.75) is 6.92 Å². The molecule has 0 fully saturated rings. The minimum absolute atomic E-state index is 0. The van der Waals surface area contributed by atoms with Gasteiger partial charge in [0, 0.05) is 0 Å². The zero-order chi connectivity index (χ0) is 7.11. The van der Waals surface area contributed by atoms with E-state index in [1.807, 2.05) is 25.0 Å². The summed E-state index contributed by atoms with van der Waals surface area (Å²) in [4.78, 5) is 8.00. The molecule has 0 spiro atoms. The molecule has 0 atom stereocenters. The van der Waals surface area contributed by atoms with Gasteiger partial charge in [-0.15, -0.1) is 0 Å². The molecule has 0 radical (unpaired) electrons. The summed E-state index contributed by atoms with van der Waals surface area (Å²) in [6.07, 6.45) is 0. The Hall–Kier alpha value is -1.15. The van der Waals surface area contributed by atoms with Gasteiger partial charge in [-0.25, -0.2) is 0 Å². The van der Waals surface area contributed by atoms with Gasteiger partial charge in [-0.1, -0.05) is 35.9 Å². The van der Waals surface area contributed by atoms with Crippen molar-refractivity contribution < 1.29 is 10.3 Å². The molecule has 56 valence electrons. The highest BCUT2D eigenvalue weighted by Gasteiger charge is 1.72. The van der Waals surface area contributed by atoms with E-state index in [9.17, 15) is 0 Å². The molecule has 2 nitrogen and oxygen atoms in total. The third-order valence-electron chi connectivity index (χ3n) is 0.940. The van der Waals surface area contributed by atoms with Gasteiger partial charge in [0.1, 0.15) is 6.79 Å². The van der Waals surface area contributed by atoms with Crippen molar-refractivity contribution >= 4 is 6.79 Å². The van der Waals surface area contributed by atoms with E-state index in [4.69, 9.17) is 4.79 Å². The summed E-state index contributed by atoms with van der Waals surface area (Å²) in [6, 6.07) is 10.3. The molecule has 1 aromatic carbocycles. The standard InChI is InChI=1S/C7H8.CH2O.H2O/c1-7-5-3-2-4-6-7;1-2;/h2-6H,1H3;1H2;1H2. The molecule has 1 aromatic rings. The van der Waals surface area contributed by atoms with Crippen LogP contribution in [0.25, 0.3) is 0 Å². The maximum Gasteiger partial charge on any atom is 0.106 e. The zero-order valence-electron chi connectivity index (χ0n) is 6.00. The van der Waals surface area contributed by atoms with Crippen LogP contribution in [-0.4, -0.2) is 12.3 Å². The van der Waals surface area contributed by atoms with E-state index in [0.717, 1.165) is 0 Å². The van der Waals surface area contributed by atoms with Crippen molar-refractivity contribution in [3.63, 3.8) is 0 Å². The Kier molecular flexibility index (Phi) is 9.12. The third kappa shape index (κ3) is 5.00. The van der Waals surface area contributed by atoms with E-state index >= 15 is 0 Å². The lowest BCUT2D eigenvalue weighted by molar-refractivity contribution is -0.0979. The molecule has 1 rings (SSSR count). The van der Waals surface area contributed by atoms with Crippen LogP contribution in [-0.2, 0) is 4.79 Å². The molecular formula is C8H12O2. The minimum Gasteiger partial charge on any atom is -0.412 e. The monoisotopic (exact) mass is 140 g/mol. The molecule has 0 saturated carbocycles. The lowest BCUT2D eigenvalue weighted by Gasteiger charge is -1.82. The van der Waals surface area contributed by atoms with E-state index in [1.165, 1.54) is 5.56 Å². The first kappa shape index (κ1) is 11.6. The largest absolute Gasteiger partial charge is 0.412 e. The number of hydrogen-bond acceptors (Lipinski definition) is 1. The molecule has 2 N–H and O–H groups in total. The predicted octanol–water partition coefficient (Wildman–Crippen LogP) is 0.985. The Morgan fingerprint density at radius 3 is 1.70 bits per heavy atom. The maximum atomic E-state index is 8.00. The SMILES string of the molecule is C=O.Cc1ccccc1.O. The highest BCUT2D eigenvalue weighted by atomic mass is 16.1. The number of benzene rings is 1. The molecule has 10 heavy (non-hydrogen) atoms. The molecule has 0 aliphatic heterocycles. The van der Waals surface area contributed by atoms with Crippen LogP contribution >= 0.6 is 0 Å². The average molecular weight is 140 g/mol. The highest BCUT2D eigenvalue weighted by Crippen LogP contribution is 1.92. The molecule has 0 amide bonds. The fraction of sp³-hybridized carbons (Fsp3) is 0.125. The summed E-state index contributed by atoms with van der Waals surface area (Å²) in [5.74, 6) is 0. The highest BCUT2D eigenvalue weighted by molar-refractivity contribution is 5.11. The Bertz CT molecular complexity index is 149. The first-order chi connectivity index (χ1) is 4.39. The van der Waals surface area contributed by atoms with Gasteiger partial charge in [0.05, 0.1) is 0 Å². The molecule has 2 heteroatoms. The number of carbonyl (C=O) groups is 1.